The van der Waals surface area contributed by atoms with Crippen molar-refractivity contribution >= 4 is 0 Å². The summed E-state index contributed by atoms with van der Waals surface area (Å²) in [5.74, 6) is 0.819. The van der Waals surface area contributed by atoms with Gasteiger partial charge in [-0.3, -0.25) is 0 Å². The molecular weight excluding hydrogens is 290 g/mol. The predicted octanol–water partition coefficient (Wildman–Crippen LogP) is 3.98. The van der Waals surface area contributed by atoms with Gasteiger partial charge in [0.15, 0.2) is 11.5 Å². The van der Waals surface area contributed by atoms with Crippen molar-refractivity contribution < 1.29 is 14.9 Å². The average molecular weight is 321 g/mol. The number of allylic oxidation sites excluding steroid dienone is 1. The number of hydrogen-bond donors (Lipinski definition) is 3. The van der Waals surface area contributed by atoms with Crippen molar-refractivity contribution in [3.63, 3.8) is 0 Å². The van der Waals surface area contributed by atoms with Gasteiger partial charge in [-0.1, -0.05) is 26.8 Å². The van der Waals surface area contributed by atoms with Crippen molar-refractivity contribution in [2.75, 3.05) is 13.1 Å². The first kappa shape index (κ1) is 19.4. The molecule has 0 radical (unpaired) electrons. The fraction of sp³-hybridized carbons (Fsp3) is 0.579. The van der Waals surface area contributed by atoms with Crippen molar-refractivity contribution in [1.29, 1.82) is 0 Å². The topological polar surface area (TPSA) is 61.7 Å². The molecule has 0 unspecified atom stereocenters. The summed E-state index contributed by atoms with van der Waals surface area (Å²) in [6.07, 6.45) is 4.08. The molecule has 0 aliphatic heterocycles. The first-order valence-electron chi connectivity index (χ1n) is 8.24. The second-order valence-corrected chi connectivity index (χ2v) is 7.35. The minimum atomic E-state index is -0.0838. The van der Waals surface area contributed by atoms with Crippen molar-refractivity contribution in [3.05, 3.63) is 35.6 Å². The number of rotatable bonds is 8. The summed E-state index contributed by atoms with van der Waals surface area (Å²) in [7, 11) is 0. The number of phenols is 2. The Bertz CT molecular complexity index is 516. The molecule has 1 aromatic rings. The molecule has 0 atom stereocenters. The first-order chi connectivity index (χ1) is 10.7. The van der Waals surface area contributed by atoms with Gasteiger partial charge in [0.2, 0.25) is 0 Å². The number of nitrogens with one attached hydrogen (secondary N) is 1. The Kier molecular flexibility index (Phi) is 7.43. The third-order valence-electron chi connectivity index (χ3n) is 3.26. The highest BCUT2D eigenvalue weighted by atomic mass is 16.5. The summed E-state index contributed by atoms with van der Waals surface area (Å²) in [5, 5.41) is 22.2. The van der Waals surface area contributed by atoms with Crippen LogP contribution in [0.25, 0.3) is 0 Å². The summed E-state index contributed by atoms with van der Waals surface area (Å²) in [6, 6.07) is 4.93. The van der Waals surface area contributed by atoms with Crippen LogP contribution in [0.5, 0.6) is 11.5 Å². The van der Waals surface area contributed by atoms with Crippen LogP contribution in [0, 0.1) is 5.41 Å². The molecule has 4 nitrogen and oxygen atoms in total. The summed E-state index contributed by atoms with van der Waals surface area (Å²) in [4.78, 5) is 0. The number of ether oxygens (including phenoxy) is 1. The fourth-order valence-corrected chi connectivity index (χ4v) is 2.05. The average Bonchev–Trinajstić information content (AvgIpc) is 2.43. The van der Waals surface area contributed by atoms with E-state index in [4.69, 9.17) is 4.74 Å². The zero-order valence-electron chi connectivity index (χ0n) is 15.0. The molecular formula is C19H31NO3. The standard InChI is InChI=1S/C19H31NO3/c1-14(2)23-16(8-10-19(3,4)5)13-20-11-9-15-6-7-17(21)18(22)12-15/h6-8,12,14,20-22H,9-11,13H2,1-5H3/b16-8+. The van der Waals surface area contributed by atoms with Crippen LogP contribution in [-0.2, 0) is 11.2 Å². The van der Waals surface area contributed by atoms with Gasteiger partial charge in [0, 0.05) is 0 Å². The molecule has 0 saturated heterocycles. The van der Waals surface area contributed by atoms with Crippen LogP contribution in [0.2, 0.25) is 0 Å². The Morgan fingerprint density at radius 1 is 1.22 bits per heavy atom. The molecule has 0 aromatic heterocycles. The van der Waals surface area contributed by atoms with E-state index in [9.17, 15) is 10.2 Å². The zero-order valence-corrected chi connectivity index (χ0v) is 15.0. The Morgan fingerprint density at radius 3 is 2.48 bits per heavy atom. The Hall–Kier alpha value is -1.68. The lowest BCUT2D eigenvalue weighted by Gasteiger charge is -2.19. The second kappa shape index (κ2) is 8.82. The van der Waals surface area contributed by atoms with Gasteiger partial charge in [0.05, 0.1) is 12.6 Å². The molecule has 0 spiro atoms. The van der Waals surface area contributed by atoms with Gasteiger partial charge in [-0.15, -0.1) is 0 Å². The monoisotopic (exact) mass is 321 g/mol. The molecule has 0 saturated carbocycles. The lowest BCUT2D eigenvalue weighted by atomic mass is 9.92. The van der Waals surface area contributed by atoms with E-state index in [0.717, 1.165) is 30.7 Å². The highest BCUT2D eigenvalue weighted by Crippen LogP contribution is 2.25. The maximum Gasteiger partial charge on any atom is 0.157 e. The van der Waals surface area contributed by atoms with Gasteiger partial charge in [-0.05, 0) is 62.4 Å². The SMILES string of the molecule is CC(C)O/C(=C/CC(C)(C)C)CNCCc1ccc(O)c(O)c1. The van der Waals surface area contributed by atoms with Gasteiger partial charge in [0.1, 0.15) is 5.76 Å². The van der Waals surface area contributed by atoms with E-state index < -0.39 is 0 Å². The number of phenolic OH excluding ortho intramolecular Hbond substituents is 2. The first-order valence-corrected chi connectivity index (χ1v) is 8.24. The van der Waals surface area contributed by atoms with E-state index in [2.05, 4.69) is 32.2 Å². The molecule has 1 aromatic carbocycles. The molecule has 0 aliphatic rings. The van der Waals surface area contributed by atoms with E-state index >= 15 is 0 Å². The van der Waals surface area contributed by atoms with Crippen molar-refractivity contribution in [2.24, 2.45) is 5.41 Å². The van der Waals surface area contributed by atoms with Gasteiger partial charge >= 0.3 is 0 Å². The van der Waals surface area contributed by atoms with Gasteiger partial charge < -0.3 is 20.3 Å². The third kappa shape index (κ3) is 8.50. The summed E-state index contributed by atoms with van der Waals surface area (Å²) in [5.41, 5.74) is 1.23. The highest BCUT2D eigenvalue weighted by molar-refractivity contribution is 5.40. The molecule has 23 heavy (non-hydrogen) atoms. The smallest absolute Gasteiger partial charge is 0.157 e. The van der Waals surface area contributed by atoms with Gasteiger partial charge in [-0.2, -0.15) is 0 Å². The zero-order chi connectivity index (χ0) is 17.5. The van der Waals surface area contributed by atoms with Crippen LogP contribution in [-0.4, -0.2) is 29.4 Å². The highest BCUT2D eigenvalue weighted by Gasteiger charge is 2.10. The Labute approximate surface area is 140 Å². The van der Waals surface area contributed by atoms with Gasteiger partial charge in [0.25, 0.3) is 0 Å². The van der Waals surface area contributed by atoms with Crippen LogP contribution in [0.15, 0.2) is 30.0 Å². The second-order valence-electron chi connectivity index (χ2n) is 7.35. The lowest BCUT2D eigenvalue weighted by Crippen LogP contribution is -2.22. The number of aromatic hydroxyl groups is 2. The molecule has 0 bridgehead atoms. The summed E-state index contributed by atoms with van der Waals surface area (Å²) in [6.45, 7) is 12.2. The van der Waals surface area contributed by atoms with Crippen LogP contribution < -0.4 is 5.32 Å². The molecule has 4 heteroatoms. The Morgan fingerprint density at radius 2 is 1.91 bits per heavy atom. The van der Waals surface area contributed by atoms with Crippen molar-refractivity contribution in [3.8, 4) is 11.5 Å². The molecule has 0 fully saturated rings. The van der Waals surface area contributed by atoms with Crippen molar-refractivity contribution in [2.45, 2.75) is 53.6 Å². The normalized spacial score (nSPS) is 12.7. The lowest BCUT2D eigenvalue weighted by molar-refractivity contribution is 0.140. The van der Waals surface area contributed by atoms with E-state index in [-0.39, 0.29) is 23.0 Å². The molecule has 0 heterocycles. The molecule has 0 aliphatic carbocycles. The largest absolute Gasteiger partial charge is 0.504 e. The quantitative estimate of drug-likeness (QED) is 0.385. The maximum absolute atomic E-state index is 9.49. The van der Waals surface area contributed by atoms with E-state index in [1.54, 1.807) is 6.07 Å². The number of hydrogen-bond acceptors (Lipinski definition) is 4. The van der Waals surface area contributed by atoms with E-state index in [0.29, 0.717) is 6.54 Å². The summed E-state index contributed by atoms with van der Waals surface area (Å²) < 4.78 is 5.86. The van der Waals surface area contributed by atoms with E-state index in [1.807, 2.05) is 19.9 Å². The molecule has 3 N–H and O–H groups in total. The predicted molar refractivity (Wildman–Crippen MR) is 94.7 cm³/mol. The summed E-state index contributed by atoms with van der Waals surface area (Å²) >= 11 is 0. The Balaban J connectivity index is 2.46. The number of benzene rings is 1. The van der Waals surface area contributed by atoms with Crippen LogP contribution in [0.1, 0.15) is 46.6 Å². The molecule has 0 amide bonds. The molecule has 1 rings (SSSR count). The van der Waals surface area contributed by atoms with Gasteiger partial charge in [-0.25, -0.2) is 0 Å². The van der Waals surface area contributed by atoms with E-state index in [1.165, 1.54) is 6.07 Å². The van der Waals surface area contributed by atoms with Crippen LogP contribution >= 0.6 is 0 Å². The molecule has 130 valence electrons. The fourth-order valence-electron chi connectivity index (χ4n) is 2.05. The third-order valence-corrected chi connectivity index (χ3v) is 3.26. The van der Waals surface area contributed by atoms with Crippen molar-refractivity contribution in [1.82, 2.24) is 5.32 Å². The minimum absolute atomic E-state index is 0.0728. The maximum atomic E-state index is 9.49. The van der Waals surface area contributed by atoms with Crippen LogP contribution in [0.4, 0.5) is 0 Å². The van der Waals surface area contributed by atoms with Crippen LogP contribution in [0.3, 0.4) is 0 Å². The minimum Gasteiger partial charge on any atom is -0.504 e.